The van der Waals surface area contributed by atoms with Gasteiger partial charge in [-0.25, -0.2) is 4.98 Å². The fourth-order valence-electron chi connectivity index (χ4n) is 3.97. The van der Waals surface area contributed by atoms with Crippen molar-refractivity contribution in [1.82, 2.24) is 9.38 Å². The lowest BCUT2D eigenvalue weighted by molar-refractivity contribution is -0.141. The molecular weight excluding hydrogens is 399 g/mol. The summed E-state index contributed by atoms with van der Waals surface area (Å²) in [5.74, 6) is 0.320. The van der Waals surface area contributed by atoms with Crippen molar-refractivity contribution < 1.29 is 13.2 Å². The maximum absolute atomic E-state index is 13.9. The Kier molecular flexibility index (Phi) is 5.25. The van der Waals surface area contributed by atoms with Crippen molar-refractivity contribution in [3.8, 4) is 11.3 Å². The Balaban J connectivity index is 2.08. The van der Waals surface area contributed by atoms with E-state index in [2.05, 4.69) is 10.3 Å². The predicted molar refractivity (Wildman–Crippen MR) is 119 cm³/mol. The van der Waals surface area contributed by atoms with Crippen LogP contribution in [0, 0.1) is 20.8 Å². The van der Waals surface area contributed by atoms with Crippen molar-refractivity contribution in [2.45, 2.75) is 40.3 Å². The number of nitrogens with one attached hydrogen (secondary N) is 1. The lowest BCUT2D eigenvalue weighted by Crippen LogP contribution is -2.13. The van der Waals surface area contributed by atoms with Crippen LogP contribution >= 0.6 is 0 Å². The first-order chi connectivity index (χ1) is 14.7. The maximum Gasteiger partial charge on any atom is 0.431 e. The minimum atomic E-state index is -4.52. The van der Waals surface area contributed by atoms with Crippen molar-refractivity contribution in [2.75, 3.05) is 5.32 Å². The molecule has 6 heteroatoms. The zero-order chi connectivity index (χ0) is 22.3. The highest BCUT2D eigenvalue weighted by atomic mass is 19.4. The first-order valence-corrected chi connectivity index (χ1v) is 10.2. The summed E-state index contributed by atoms with van der Waals surface area (Å²) in [6, 6.07) is 15.9. The molecule has 2 aromatic heterocycles. The molecule has 0 spiro atoms. The molecule has 0 amide bonds. The molecule has 0 unspecified atom stereocenters. The monoisotopic (exact) mass is 423 g/mol. The van der Waals surface area contributed by atoms with Gasteiger partial charge in [0.25, 0.3) is 0 Å². The highest BCUT2D eigenvalue weighted by Crippen LogP contribution is 2.39. The first kappa shape index (κ1) is 21.0. The number of imidazole rings is 1. The number of fused-ring (bicyclic) bond motifs is 1. The van der Waals surface area contributed by atoms with E-state index < -0.39 is 11.9 Å². The third kappa shape index (κ3) is 3.78. The van der Waals surface area contributed by atoms with Gasteiger partial charge in [-0.15, -0.1) is 0 Å². The number of aryl methyl sites for hydroxylation is 4. The van der Waals surface area contributed by atoms with Crippen molar-refractivity contribution in [3.63, 3.8) is 0 Å². The van der Waals surface area contributed by atoms with E-state index in [-0.39, 0.29) is 5.65 Å². The van der Waals surface area contributed by atoms with Crippen molar-refractivity contribution in [1.29, 1.82) is 0 Å². The molecule has 0 aliphatic rings. The number of halogens is 3. The lowest BCUT2D eigenvalue weighted by Gasteiger charge is -2.17. The van der Waals surface area contributed by atoms with Crippen molar-refractivity contribution in [3.05, 3.63) is 82.5 Å². The summed E-state index contributed by atoms with van der Waals surface area (Å²) in [5, 5.41) is 3.31. The number of alkyl halides is 3. The van der Waals surface area contributed by atoms with Crippen LogP contribution in [0.15, 0.2) is 54.6 Å². The largest absolute Gasteiger partial charge is 0.431 e. The van der Waals surface area contributed by atoms with Crippen LogP contribution in [0.2, 0.25) is 0 Å². The van der Waals surface area contributed by atoms with Crippen LogP contribution in [-0.4, -0.2) is 9.38 Å². The van der Waals surface area contributed by atoms with Crippen LogP contribution in [-0.2, 0) is 12.6 Å². The van der Waals surface area contributed by atoms with E-state index in [9.17, 15) is 13.2 Å². The summed E-state index contributed by atoms with van der Waals surface area (Å²) in [4.78, 5) is 4.66. The Labute approximate surface area is 179 Å². The molecule has 3 nitrogen and oxygen atoms in total. The molecule has 0 fully saturated rings. The molecule has 0 bridgehead atoms. The van der Waals surface area contributed by atoms with Gasteiger partial charge in [0.2, 0.25) is 0 Å². The molecule has 0 aliphatic heterocycles. The maximum atomic E-state index is 13.9. The molecule has 0 saturated carbocycles. The fourth-order valence-corrected chi connectivity index (χ4v) is 3.97. The second-order valence-electron chi connectivity index (χ2n) is 7.82. The predicted octanol–water partition coefficient (Wildman–Crippen LogP) is 7.25. The molecular formula is C25H24F3N3. The van der Waals surface area contributed by atoms with E-state index in [1.165, 1.54) is 10.5 Å². The van der Waals surface area contributed by atoms with E-state index in [1.807, 2.05) is 64.1 Å². The topological polar surface area (TPSA) is 29.3 Å². The molecule has 0 atom stereocenters. The van der Waals surface area contributed by atoms with Crippen molar-refractivity contribution >= 4 is 17.2 Å². The van der Waals surface area contributed by atoms with Crippen LogP contribution in [0.25, 0.3) is 16.9 Å². The van der Waals surface area contributed by atoms with Gasteiger partial charge in [-0.05, 0) is 62.1 Å². The number of para-hydroxylation sites is 1. The molecule has 4 aromatic rings. The minimum absolute atomic E-state index is 0.252. The van der Waals surface area contributed by atoms with Gasteiger partial charge >= 0.3 is 6.18 Å². The van der Waals surface area contributed by atoms with Crippen LogP contribution in [0.1, 0.15) is 34.9 Å². The fraction of sp³-hybridized carbons (Fsp3) is 0.240. The number of nitrogens with zero attached hydrogens (tertiary/aromatic N) is 2. The SMILES string of the molecule is CCc1ccc(C)cc1-c1nc2cccc(C(F)(F)F)n2c1Nc1c(C)cccc1C. The second kappa shape index (κ2) is 7.76. The molecule has 2 heterocycles. The second-order valence-corrected chi connectivity index (χ2v) is 7.82. The molecule has 0 saturated heterocycles. The smallest absolute Gasteiger partial charge is 0.339 e. The third-order valence-corrected chi connectivity index (χ3v) is 5.56. The molecule has 1 N–H and O–H groups in total. The lowest BCUT2D eigenvalue weighted by atomic mass is 9.99. The number of anilines is 2. The molecule has 0 radical (unpaired) electrons. The number of hydrogen-bond acceptors (Lipinski definition) is 2. The Hall–Kier alpha value is -3.28. The summed E-state index contributed by atoms with van der Waals surface area (Å²) in [6.45, 7) is 7.88. The van der Waals surface area contributed by atoms with Gasteiger partial charge in [-0.1, -0.05) is 48.9 Å². The third-order valence-electron chi connectivity index (χ3n) is 5.56. The van der Waals surface area contributed by atoms with Gasteiger partial charge in [-0.3, -0.25) is 4.40 Å². The van der Waals surface area contributed by atoms with Gasteiger partial charge in [0.05, 0.1) is 0 Å². The normalized spacial score (nSPS) is 11.8. The molecule has 160 valence electrons. The van der Waals surface area contributed by atoms with Gasteiger partial charge in [-0.2, -0.15) is 13.2 Å². The number of rotatable bonds is 4. The Morgan fingerprint density at radius 2 is 1.61 bits per heavy atom. The van der Waals surface area contributed by atoms with Gasteiger partial charge < -0.3 is 5.32 Å². The van der Waals surface area contributed by atoms with Gasteiger partial charge in [0.15, 0.2) is 0 Å². The molecule has 2 aromatic carbocycles. The van der Waals surface area contributed by atoms with Crippen LogP contribution in [0.3, 0.4) is 0 Å². The summed E-state index contributed by atoms with van der Waals surface area (Å²) >= 11 is 0. The number of pyridine rings is 1. The Bertz CT molecular complexity index is 1250. The van der Waals surface area contributed by atoms with Crippen molar-refractivity contribution in [2.24, 2.45) is 0 Å². The summed E-state index contributed by atoms with van der Waals surface area (Å²) in [7, 11) is 0. The summed E-state index contributed by atoms with van der Waals surface area (Å²) < 4.78 is 43.0. The summed E-state index contributed by atoms with van der Waals surface area (Å²) in [6.07, 6.45) is -3.77. The zero-order valence-electron chi connectivity index (χ0n) is 17.9. The highest BCUT2D eigenvalue weighted by Gasteiger charge is 2.35. The quantitative estimate of drug-likeness (QED) is 0.374. The van der Waals surface area contributed by atoms with E-state index in [0.29, 0.717) is 11.5 Å². The van der Waals surface area contributed by atoms with Crippen LogP contribution < -0.4 is 5.32 Å². The van der Waals surface area contributed by atoms with Gasteiger partial charge in [0, 0.05) is 11.3 Å². The van der Waals surface area contributed by atoms with Crippen LogP contribution in [0.4, 0.5) is 24.7 Å². The van der Waals surface area contributed by atoms with E-state index in [4.69, 9.17) is 0 Å². The van der Waals surface area contributed by atoms with E-state index in [0.717, 1.165) is 46.0 Å². The number of aromatic nitrogens is 2. The molecule has 0 aliphatic carbocycles. The molecule has 31 heavy (non-hydrogen) atoms. The zero-order valence-corrected chi connectivity index (χ0v) is 17.9. The molecule has 4 rings (SSSR count). The summed E-state index contributed by atoms with van der Waals surface area (Å²) in [5.41, 5.74) is 5.59. The van der Waals surface area contributed by atoms with E-state index in [1.54, 1.807) is 6.07 Å². The minimum Gasteiger partial charge on any atom is -0.339 e. The number of benzene rings is 2. The van der Waals surface area contributed by atoms with Gasteiger partial charge in [0.1, 0.15) is 22.9 Å². The standard InChI is InChI=1S/C25H24F3N3/c1-5-18-13-12-15(2)14-19(18)23-24(30-22-16(3)8-6-9-17(22)4)31-20(25(26,27)28)10-7-11-21(31)29-23/h6-14,30H,5H2,1-4H3. The van der Waals surface area contributed by atoms with E-state index >= 15 is 0 Å². The average Bonchev–Trinajstić information content (AvgIpc) is 3.08. The van der Waals surface area contributed by atoms with Crippen LogP contribution in [0.5, 0.6) is 0 Å². The average molecular weight is 423 g/mol. The first-order valence-electron chi connectivity index (χ1n) is 10.2. The highest BCUT2D eigenvalue weighted by molar-refractivity contribution is 5.83. The Morgan fingerprint density at radius 3 is 2.26 bits per heavy atom. The number of hydrogen-bond donors (Lipinski definition) is 1. The Morgan fingerprint density at radius 1 is 0.935 bits per heavy atom.